The van der Waals surface area contributed by atoms with Crippen molar-refractivity contribution in [3.8, 4) is 0 Å². The van der Waals surface area contributed by atoms with E-state index in [0.29, 0.717) is 11.3 Å². The lowest BCUT2D eigenvalue weighted by Gasteiger charge is -1.98. The molecule has 0 saturated carbocycles. The molecule has 0 fully saturated rings. The number of aromatic nitrogens is 1. The van der Waals surface area contributed by atoms with Crippen molar-refractivity contribution in [2.75, 3.05) is 5.73 Å². The molecule has 1 heterocycles. The fourth-order valence-corrected chi connectivity index (χ4v) is 1.32. The summed E-state index contributed by atoms with van der Waals surface area (Å²) in [6, 6.07) is 10.4. The van der Waals surface area contributed by atoms with Gasteiger partial charge in [-0.1, -0.05) is 12.1 Å². The molecule has 0 bridgehead atoms. The van der Waals surface area contributed by atoms with Crippen molar-refractivity contribution in [1.82, 2.24) is 10.4 Å². The molecule has 90 valence electrons. The van der Waals surface area contributed by atoms with Crippen LogP contribution in [-0.2, 0) is 0 Å². The molecule has 5 heteroatoms. The van der Waals surface area contributed by atoms with Crippen LogP contribution in [0, 0.1) is 0 Å². The Bertz CT molecular complexity index is 549. The average Bonchev–Trinajstić information content (AvgIpc) is 2.42. The lowest BCUT2D eigenvalue weighted by Crippen LogP contribution is -2.17. The summed E-state index contributed by atoms with van der Waals surface area (Å²) >= 11 is 0. The fraction of sp³-hybridized carbons (Fsp3) is 0. The van der Waals surface area contributed by atoms with Crippen LogP contribution in [0.2, 0.25) is 0 Å². The highest BCUT2D eigenvalue weighted by molar-refractivity contribution is 5.94. The lowest BCUT2D eigenvalue weighted by atomic mass is 10.2. The number of rotatable bonds is 3. The first-order chi connectivity index (χ1) is 8.75. The molecule has 1 aromatic heterocycles. The molecule has 3 N–H and O–H groups in total. The molecule has 0 aliphatic carbocycles. The molecule has 0 aliphatic heterocycles. The summed E-state index contributed by atoms with van der Waals surface area (Å²) in [6.07, 6.45) is 4.66. The summed E-state index contributed by atoms with van der Waals surface area (Å²) in [7, 11) is 0. The maximum atomic E-state index is 11.6. The van der Waals surface area contributed by atoms with Crippen LogP contribution >= 0.6 is 0 Å². The number of hydrogen-bond acceptors (Lipinski definition) is 4. The van der Waals surface area contributed by atoms with Crippen LogP contribution in [0.25, 0.3) is 0 Å². The van der Waals surface area contributed by atoms with Gasteiger partial charge in [0.1, 0.15) is 0 Å². The van der Waals surface area contributed by atoms with Gasteiger partial charge in [-0.2, -0.15) is 5.10 Å². The van der Waals surface area contributed by atoms with Gasteiger partial charge in [0.15, 0.2) is 0 Å². The number of carbonyl (C=O) groups is 1. The topological polar surface area (TPSA) is 80.4 Å². The van der Waals surface area contributed by atoms with Crippen LogP contribution in [-0.4, -0.2) is 17.1 Å². The van der Waals surface area contributed by atoms with E-state index in [1.807, 2.05) is 12.1 Å². The molecule has 0 saturated heterocycles. The van der Waals surface area contributed by atoms with Gasteiger partial charge in [-0.15, -0.1) is 0 Å². The molecule has 0 aliphatic rings. The molecule has 0 radical (unpaired) electrons. The number of amides is 1. The Labute approximate surface area is 104 Å². The third kappa shape index (κ3) is 3.15. The summed E-state index contributed by atoms with van der Waals surface area (Å²) in [5, 5.41) is 3.86. The number of nitrogens with two attached hydrogens (primary N) is 1. The highest BCUT2D eigenvalue weighted by Gasteiger charge is 2.01. The van der Waals surface area contributed by atoms with E-state index in [4.69, 9.17) is 5.73 Å². The predicted molar refractivity (Wildman–Crippen MR) is 70.2 cm³/mol. The van der Waals surface area contributed by atoms with E-state index >= 15 is 0 Å². The van der Waals surface area contributed by atoms with Crippen LogP contribution in [0.1, 0.15) is 15.9 Å². The lowest BCUT2D eigenvalue weighted by molar-refractivity contribution is 0.0955. The molecule has 1 amide bonds. The third-order valence-corrected chi connectivity index (χ3v) is 2.26. The summed E-state index contributed by atoms with van der Waals surface area (Å²) in [4.78, 5) is 15.4. The smallest absolute Gasteiger partial charge is 0.271 e. The summed E-state index contributed by atoms with van der Waals surface area (Å²) in [5.41, 5.74) is 10.1. The van der Waals surface area contributed by atoms with Crippen LogP contribution in [0.4, 0.5) is 5.69 Å². The van der Waals surface area contributed by atoms with Crippen molar-refractivity contribution < 1.29 is 4.79 Å². The van der Waals surface area contributed by atoms with Crippen molar-refractivity contribution in [2.24, 2.45) is 5.10 Å². The van der Waals surface area contributed by atoms with Gasteiger partial charge >= 0.3 is 0 Å². The number of nitrogens with one attached hydrogen (secondary N) is 1. The summed E-state index contributed by atoms with van der Waals surface area (Å²) in [6.45, 7) is 0. The zero-order chi connectivity index (χ0) is 12.8. The standard InChI is InChI=1S/C13H12N4O/c14-12-3-1-10(2-4-12)9-16-17-13(18)11-5-7-15-8-6-11/h1-9H,14H2,(H,17,18)/b16-9+. The van der Waals surface area contributed by atoms with Crippen molar-refractivity contribution >= 4 is 17.8 Å². The van der Waals surface area contributed by atoms with Gasteiger partial charge in [0.05, 0.1) is 6.21 Å². The predicted octanol–water partition coefficient (Wildman–Crippen LogP) is 1.43. The second-order valence-electron chi connectivity index (χ2n) is 3.60. The zero-order valence-electron chi connectivity index (χ0n) is 9.58. The Hall–Kier alpha value is -2.69. The molecule has 2 aromatic rings. The van der Waals surface area contributed by atoms with Crippen molar-refractivity contribution in [3.63, 3.8) is 0 Å². The highest BCUT2D eigenvalue weighted by atomic mass is 16.2. The zero-order valence-corrected chi connectivity index (χ0v) is 9.58. The van der Waals surface area contributed by atoms with E-state index in [1.165, 1.54) is 0 Å². The van der Waals surface area contributed by atoms with Crippen LogP contribution < -0.4 is 11.2 Å². The van der Waals surface area contributed by atoms with Crippen LogP contribution in [0.15, 0.2) is 53.9 Å². The van der Waals surface area contributed by atoms with E-state index < -0.39 is 0 Å². The summed E-state index contributed by atoms with van der Waals surface area (Å²) < 4.78 is 0. The SMILES string of the molecule is Nc1ccc(/C=N/NC(=O)c2ccncc2)cc1. The Morgan fingerprint density at radius 3 is 2.50 bits per heavy atom. The largest absolute Gasteiger partial charge is 0.399 e. The molecule has 2 rings (SSSR count). The van der Waals surface area contributed by atoms with Gasteiger partial charge in [0.25, 0.3) is 5.91 Å². The summed E-state index contributed by atoms with van der Waals surface area (Å²) in [5.74, 6) is -0.274. The number of nitrogens with zero attached hydrogens (tertiary/aromatic N) is 2. The van der Waals surface area contributed by atoms with Gasteiger partial charge in [0.2, 0.25) is 0 Å². The first kappa shape index (κ1) is 11.8. The number of hydrogen-bond donors (Lipinski definition) is 2. The number of hydrazone groups is 1. The Morgan fingerprint density at radius 1 is 1.17 bits per heavy atom. The van der Waals surface area contributed by atoms with Gasteiger partial charge in [-0.3, -0.25) is 9.78 Å². The molecule has 0 spiro atoms. The Morgan fingerprint density at radius 2 is 1.83 bits per heavy atom. The number of pyridine rings is 1. The number of nitrogen functional groups attached to an aromatic ring is 1. The maximum Gasteiger partial charge on any atom is 0.271 e. The molecular formula is C13H12N4O. The van der Waals surface area contributed by atoms with E-state index in [9.17, 15) is 4.79 Å². The minimum absolute atomic E-state index is 0.274. The minimum Gasteiger partial charge on any atom is -0.399 e. The molecule has 18 heavy (non-hydrogen) atoms. The van der Waals surface area contributed by atoms with E-state index in [-0.39, 0.29) is 5.91 Å². The second-order valence-corrected chi connectivity index (χ2v) is 3.60. The van der Waals surface area contributed by atoms with Gasteiger partial charge in [-0.05, 0) is 29.8 Å². The van der Waals surface area contributed by atoms with E-state index in [0.717, 1.165) is 5.56 Å². The third-order valence-electron chi connectivity index (χ3n) is 2.26. The van der Waals surface area contributed by atoms with Crippen LogP contribution in [0.5, 0.6) is 0 Å². The quantitative estimate of drug-likeness (QED) is 0.484. The van der Waals surface area contributed by atoms with Gasteiger partial charge in [-0.25, -0.2) is 5.43 Å². The molecule has 0 atom stereocenters. The molecular weight excluding hydrogens is 228 g/mol. The second kappa shape index (κ2) is 5.58. The number of carbonyl (C=O) groups excluding carboxylic acids is 1. The first-order valence-electron chi connectivity index (χ1n) is 5.35. The average molecular weight is 240 g/mol. The minimum atomic E-state index is -0.274. The van der Waals surface area contributed by atoms with Gasteiger partial charge in [0, 0.05) is 23.6 Å². The normalized spacial score (nSPS) is 10.4. The number of anilines is 1. The van der Waals surface area contributed by atoms with Crippen molar-refractivity contribution in [2.45, 2.75) is 0 Å². The molecule has 5 nitrogen and oxygen atoms in total. The maximum absolute atomic E-state index is 11.6. The monoisotopic (exact) mass is 240 g/mol. The van der Waals surface area contributed by atoms with Crippen molar-refractivity contribution in [3.05, 3.63) is 59.9 Å². The fourth-order valence-electron chi connectivity index (χ4n) is 1.32. The highest BCUT2D eigenvalue weighted by Crippen LogP contribution is 2.02. The Kier molecular flexibility index (Phi) is 3.66. The van der Waals surface area contributed by atoms with E-state index in [1.54, 1.807) is 42.9 Å². The number of benzene rings is 1. The Balaban J connectivity index is 1.96. The first-order valence-corrected chi connectivity index (χ1v) is 5.35. The van der Waals surface area contributed by atoms with Gasteiger partial charge < -0.3 is 5.73 Å². The van der Waals surface area contributed by atoms with Crippen molar-refractivity contribution in [1.29, 1.82) is 0 Å². The van der Waals surface area contributed by atoms with Crippen LogP contribution in [0.3, 0.4) is 0 Å². The molecule has 0 unspecified atom stereocenters. The van der Waals surface area contributed by atoms with E-state index in [2.05, 4.69) is 15.5 Å². The molecule has 1 aromatic carbocycles.